The lowest BCUT2D eigenvalue weighted by atomic mass is 9.94. The first kappa shape index (κ1) is 24.0. The van der Waals surface area contributed by atoms with E-state index in [-0.39, 0.29) is 23.3 Å². The number of methoxy groups -OCH3 is 1. The van der Waals surface area contributed by atoms with Crippen LogP contribution < -0.4 is 4.74 Å². The van der Waals surface area contributed by atoms with E-state index < -0.39 is 29.1 Å². The second kappa shape index (κ2) is 8.72. The van der Waals surface area contributed by atoms with Crippen LogP contribution in [0, 0.1) is 24.4 Å². The van der Waals surface area contributed by atoms with Crippen molar-refractivity contribution in [2.24, 2.45) is 0 Å². The topological polar surface area (TPSA) is 56.6 Å². The number of carbonyl (C=O) groups is 1. The molecule has 0 saturated carbocycles. The van der Waals surface area contributed by atoms with Crippen LogP contribution >= 0.6 is 0 Å². The van der Waals surface area contributed by atoms with Gasteiger partial charge in [-0.15, -0.1) is 0 Å². The van der Waals surface area contributed by atoms with E-state index in [2.05, 4.69) is 4.98 Å². The Kier molecular flexibility index (Phi) is 5.81. The largest absolute Gasteiger partial charge is 0.495 e. The van der Waals surface area contributed by atoms with Crippen molar-refractivity contribution >= 4 is 12.0 Å². The number of imidazole rings is 1. The highest BCUT2D eigenvalue weighted by Crippen LogP contribution is 2.46. The number of hydrogen-bond acceptors (Lipinski definition) is 4. The standard InChI is InChI=1S/C27H26F3N3O3/c1-15-13-32(14-31-15)21-6-5-16(9-22(21)35-4)10-23-26(34)33-20(7-8-24(33)27(2,3)36-23)17-11-18(28)25(30)19(29)12-17/h5-6,9-14,20,24H,7-8H2,1-4H3/b23-10-/t20-,24+/m0/s1. The lowest BCUT2D eigenvalue weighted by molar-refractivity contribution is -0.155. The molecule has 0 radical (unpaired) electrons. The van der Waals surface area contributed by atoms with Crippen molar-refractivity contribution < 1.29 is 27.4 Å². The fraction of sp³-hybridized carbons (Fsp3) is 0.333. The number of ether oxygens (including phenoxy) is 2. The third-order valence-electron chi connectivity index (χ3n) is 6.89. The van der Waals surface area contributed by atoms with Crippen molar-refractivity contribution in [3.8, 4) is 11.4 Å². The maximum Gasteiger partial charge on any atom is 0.289 e. The predicted octanol–water partition coefficient (Wildman–Crippen LogP) is 5.49. The summed E-state index contributed by atoms with van der Waals surface area (Å²) < 4.78 is 55.1. The molecule has 36 heavy (non-hydrogen) atoms. The first-order chi connectivity index (χ1) is 17.1. The van der Waals surface area contributed by atoms with E-state index in [4.69, 9.17) is 9.47 Å². The fourth-order valence-electron chi connectivity index (χ4n) is 5.19. The molecule has 0 bridgehead atoms. The van der Waals surface area contributed by atoms with Crippen LogP contribution in [0.15, 0.2) is 48.6 Å². The molecule has 2 aromatic carbocycles. The Labute approximate surface area is 207 Å². The highest BCUT2D eigenvalue weighted by atomic mass is 19.2. The summed E-state index contributed by atoms with van der Waals surface area (Å²) >= 11 is 0. The number of amides is 1. The summed E-state index contributed by atoms with van der Waals surface area (Å²) in [4.78, 5) is 19.5. The Morgan fingerprint density at radius 1 is 1.14 bits per heavy atom. The van der Waals surface area contributed by atoms with Gasteiger partial charge in [0.25, 0.3) is 5.91 Å². The van der Waals surface area contributed by atoms with Crippen LogP contribution in [0.4, 0.5) is 13.2 Å². The van der Waals surface area contributed by atoms with Crippen LogP contribution in [-0.2, 0) is 9.53 Å². The van der Waals surface area contributed by atoms with Gasteiger partial charge in [0.15, 0.2) is 23.2 Å². The number of halogens is 3. The van der Waals surface area contributed by atoms with E-state index in [0.29, 0.717) is 24.2 Å². The third-order valence-corrected chi connectivity index (χ3v) is 6.89. The zero-order valence-electron chi connectivity index (χ0n) is 20.4. The minimum absolute atomic E-state index is 0.111. The minimum atomic E-state index is -1.52. The molecule has 1 aromatic heterocycles. The van der Waals surface area contributed by atoms with E-state index in [1.807, 2.05) is 43.7 Å². The second-order valence-electron chi connectivity index (χ2n) is 9.69. The van der Waals surface area contributed by atoms with Crippen LogP contribution in [-0.4, -0.2) is 39.1 Å². The zero-order valence-corrected chi connectivity index (χ0v) is 20.4. The molecule has 2 saturated heterocycles. The molecule has 2 aliphatic rings. The van der Waals surface area contributed by atoms with Crippen molar-refractivity contribution in [1.29, 1.82) is 0 Å². The Balaban J connectivity index is 1.51. The van der Waals surface area contributed by atoms with E-state index in [0.717, 1.165) is 23.5 Å². The van der Waals surface area contributed by atoms with Crippen molar-refractivity contribution in [2.75, 3.05) is 7.11 Å². The Morgan fingerprint density at radius 2 is 1.86 bits per heavy atom. The number of fused-ring (bicyclic) bond motifs is 1. The summed E-state index contributed by atoms with van der Waals surface area (Å²) in [6.45, 7) is 5.65. The number of benzene rings is 2. The van der Waals surface area contributed by atoms with Gasteiger partial charge in [0.05, 0.1) is 36.9 Å². The van der Waals surface area contributed by atoms with Crippen molar-refractivity contribution in [3.63, 3.8) is 0 Å². The molecule has 3 heterocycles. The van der Waals surface area contributed by atoms with Crippen LogP contribution in [0.5, 0.6) is 5.75 Å². The maximum atomic E-state index is 14.0. The first-order valence-electron chi connectivity index (χ1n) is 11.7. The molecule has 9 heteroatoms. The van der Waals surface area contributed by atoms with Crippen LogP contribution in [0.25, 0.3) is 11.8 Å². The van der Waals surface area contributed by atoms with Crippen LogP contribution in [0.2, 0.25) is 0 Å². The van der Waals surface area contributed by atoms with Crippen LogP contribution in [0.3, 0.4) is 0 Å². The number of hydrogen-bond donors (Lipinski definition) is 0. The number of carbonyl (C=O) groups excluding carboxylic acids is 1. The third kappa shape index (κ3) is 4.02. The second-order valence-corrected chi connectivity index (χ2v) is 9.69. The molecular formula is C27H26F3N3O3. The van der Waals surface area contributed by atoms with E-state index >= 15 is 0 Å². The van der Waals surface area contributed by atoms with Crippen molar-refractivity contribution in [2.45, 2.75) is 51.3 Å². The summed E-state index contributed by atoms with van der Waals surface area (Å²) in [5, 5.41) is 0. The molecular weight excluding hydrogens is 471 g/mol. The molecule has 0 N–H and O–H groups in total. The average molecular weight is 498 g/mol. The quantitative estimate of drug-likeness (QED) is 0.354. The average Bonchev–Trinajstić information content (AvgIpc) is 3.48. The van der Waals surface area contributed by atoms with Gasteiger partial charge >= 0.3 is 0 Å². The number of aromatic nitrogens is 2. The van der Waals surface area contributed by atoms with Gasteiger partial charge in [-0.2, -0.15) is 0 Å². The molecule has 0 unspecified atom stereocenters. The summed E-state index contributed by atoms with van der Waals surface area (Å²) in [5.74, 6) is -3.77. The predicted molar refractivity (Wildman–Crippen MR) is 127 cm³/mol. The first-order valence-corrected chi connectivity index (χ1v) is 11.7. The van der Waals surface area contributed by atoms with Crippen molar-refractivity contribution in [3.05, 3.63) is 82.9 Å². The number of nitrogens with zero attached hydrogens (tertiary/aromatic N) is 3. The van der Waals surface area contributed by atoms with Gasteiger partial charge in [0.1, 0.15) is 11.4 Å². The van der Waals surface area contributed by atoms with Gasteiger partial charge in [-0.1, -0.05) is 6.07 Å². The molecule has 6 nitrogen and oxygen atoms in total. The van der Waals surface area contributed by atoms with Gasteiger partial charge < -0.3 is 18.9 Å². The molecule has 2 atom stereocenters. The van der Waals surface area contributed by atoms with E-state index in [1.54, 1.807) is 30.5 Å². The van der Waals surface area contributed by atoms with Gasteiger partial charge in [0, 0.05) is 6.20 Å². The van der Waals surface area contributed by atoms with Crippen LogP contribution in [0.1, 0.15) is 49.6 Å². The normalized spacial score (nSPS) is 22.0. The number of rotatable bonds is 4. The zero-order chi connectivity index (χ0) is 25.8. The maximum absolute atomic E-state index is 14.0. The Bertz CT molecular complexity index is 1360. The Hall–Kier alpha value is -3.75. The summed E-state index contributed by atoms with van der Waals surface area (Å²) in [7, 11) is 1.56. The number of morpholine rings is 1. The SMILES string of the molecule is COc1cc(/C=C2\OC(C)(C)[C@H]3CC[C@@H](c4cc(F)c(F)c(F)c4)N3C2=O)ccc1-n1cnc(C)c1. The molecule has 0 spiro atoms. The molecule has 188 valence electrons. The number of aryl methyl sites for hydroxylation is 1. The minimum Gasteiger partial charge on any atom is -0.495 e. The molecule has 0 aliphatic carbocycles. The summed E-state index contributed by atoms with van der Waals surface area (Å²) in [6.07, 6.45) is 6.27. The summed E-state index contributed by atoms with van der Waals surface area (Å²) in [5.41, 5.74) is 1.81. The summed E-state index contributed by atoms with van der Waals surface area (Å²) in [6, 6.07) is 6.51. The highest BCUT2D eigenvalue weighted by Gasteiger charge is 2.52. The molecule has 5 rings (SSSR count). The smallest absolute Gasteiger partial charge is 0.289 e. The van der Waals surface area contributed by atoms with Crippen molar-refractivity contribution in [1.82, 2.24) is 14.5 Å². The lowest BCUT2D eigenvalue weighted by Crippen LogP contribution is -2.55. The Morgan fingerprint density at radius 3 is 2.50 bits per heavy atom. The van der Waals surface area contributed by atoms with Gasteiger partial charge in [-0.3, -0.25) is 4.79 Å². The van der Waals surface area contributed by atoms with E-state index in [1.165, 1.54) is 0 Å². The fourth-order valence-corrected chi connectivity index (χ4v) is 5.19. The highest BCUT2D eigenvalue weighted by molar-refractivity contribution is 5.97. The lowest BCUT2D eigenvalue weighted by Gasteiger charge is -2.45. The van der Waals surface area contributed by atoms with Gasteiger partial charge in [-0.25, -0.2) is 18.2 Å². The molecule has 1 amide bonds. The monoisotopic (exact) mass is 497 g/mol. The molecule has 3 aromatic rings. The van der Waals surface area contributed by atoms with Gasteiger partial charge in [-0.05, 0) is 75.1 Å². The molecule has 2 fully saturated rings. The van der Waals surface area contributed by atoms with Gasteiger partial charge in [0.2, 0.25) is 0 Å². The molecule has 2 aliphatic heterocycles. The van der Waals surface area contributed by atoms with E-state index in [9.17, 15) is 18.0 Å².